The van der Waals surface area contributed by atoms with Gasteiger partial charge >= 0.3 is 0 Å². The summed E-state index contributed by atoms with van der Waals surface area (Å²) in [6.07, 6.45) is 0.935. The fourth-order valence-electron chi connectivity index (χ4n) is 2.50. The summed E-state index contributed by atoms with van der Waals surface area (Å²) in [5.74, 6) is 0.814. The Morgan fingerprint density at radius 3 is 2.26 bits per heavy atom. The minimum Gasteiger partial charge on any atom is -0.382 e. The summed E-state index contributed by atoms with van der Waals surface area (Å²) in [7, 11) is 3.47. The van der Waals surface area contributed by atoms with Crippen molar-refractivity contribution >= 4 is 29.9 Å². The third-order valence-corrected chi connectivity index (χ3v) is 4.20. The molecule has 0 aliphatic rings. The fourth-order valence-corrected chi connectivity index (χ4v) is 2.50. The number of nitrogens with zero attached hydrogens (tertiary/aromatic N) is 2. The summed E-state index contributed by atoms with van der Waals surface area (Å²) < 4.78 is 10.4. The Morgan fingerprint density at radius 2 is 1.67 bits per heavy atom. The first kappa shape index (κ1) is 26.1. The lowest BCUT2D eigenvalue weighted by Crippen LogP contribution is -2.37. The molecule has 156 valence electrons. The Bertz CT molecular complexity index is 493. The molecule has 0 spiro atoms. The monoisotopic (exact) mass is 492 g/mol. The lowest BCUT2D eigenvalue weighted by Gasteiger charge is -2.18. The predicted molar refractivity (Wildman–Crippen MR) is 124 cm³/mol. The summed E-state index contributed by atoms with van der Waals surface area (Å²) in [5.41, 5.74) is 2.60. The summed E-state index contributed by atoms with van der Waals surface area (Å²) in [6, 6.07) is 8.79. The van der Waals surface area contributed by atoms with E-state index >= 15 is 0 Å². The van der Waals surface area contributed by atoms with Crippen LogP contribution in [0.2, 0.25) is 0 Å². The molecule has 0 saturated carbocycles. The highest BCUT2D eigenvalue weighted by molar-refractivity contribution is 14.0. The Labute approximate surface area is 182 Å². The molecule has 0 atom stereocenters. The van der Waals surface area contributed by atoms with Gasteiger partial charge in [0.05, 0.1) is 13.2 Å². The van der Waals surface area contributed by atoms with Gasteiger partial charge in [0.2, 0.25) is 0 Å². The molecular formula is C20H37IN4O2. The van der Waals surface area contributed by atoms with Crippen molar-refractivity contribution in [2.24, 2.45) is 4.99 Å². The summed E-state index contributed by atoms with van der Waals surface area (Å²) in [4.78, 5) is 6.67. The predicted octanol–water partition coefficient (Wildman–Crippen LogP) is 2.86. The molecule has 0 radical (unpaired) electrons. The maximum absolute atomic E-state index is 5.44. The summed E-state index contributed by atoms with van der Waals surface area (Å²) in [5, 5.41) is 6.65. The van der Waals surface area contributed by atoms with E-state index in [2.05, 4.69) is 58.6 Å². The van der Waals surface area contributed by atoms with Crippen LogP contribution in [0.1, 0.15) is 31.4 Å². The van der Waals surface area contributed by atoms with Crippen LogP contribution < -0.4 is 10.6 Å². The van der Waals surface area contributed by atoms with Crippen molar-refractivity contribution in [2.45, 2.75) is 33.4 Å². The van der Waals surface area contributed by atoms with Crippen LogP contribution in [0.25, 0.3) is 0 Å². The van der Waals surface area contributed by atoms with Gasteiger partial charge in [-0.1, -0.05) is 38.1 Å². The number of hydrogen-bond donors (Lipinski definition) is 2. The Balaban J connectivity index is 0.00000676. The van der Waals surface area contributed by atoms with Crippen molar-refractivity contribution < 1.29 is 9.47 Å². The molecule has 0 aliphatic carbocycles. The van der Waals surface area contributed by atoms with Gasteiger partial charge < -0.3 is 20.1 Å². The first-order valence-electron chi connectivity index (χ1n) is 9.54. The first-order valence-corrected chi connectivity index (χ1v) is 9.54. The SMILES string of the molecule is CCN(CC)Cc1ccc(CNC(=NC)NCCCOCCOC)cc1.I. The highest BCUT2D eigenvalue weighted by atomic mass is 127. The summed E-state index contributed by atoms with van der Waals surface area (Å²) >= 11 is 0. The molecular weight excluding hydrogens is 455 g/mol. The van der Waals surface area contributed by atoms with Crippen LogP contribution in [0.3, 0.4) is 0 Å². The number of halogens is 1. The second-order valence-electron chi connectivity index (χ2n) is 6.09. The molecule has 0 aliphatic heterocycles. The number of guanidine groups is 1. The van der Waals surface area contributed by atoms with Gasteiger partial charge in [0, 0.05) is 40.4 Å². The highest BCUT2D eigenvalue weighted by Gasteiger charge is 2.02. The summed E-state index contributed by atoms with van der Waals surface area (Å²) in [6.45, 7) is 11.2. The molecule has 0 bridgehead atoms. The van der Waals surface area contributed by atoms with Crippen LogP contribution >= 0.6 is 24.0 Å². The smallest absolute Gasteiger partial charge is 0.191 e. The molecule has 0 saturated heterocycles. The number of rotatable bonds is 13. The normalized spacial score (nSPS) is 11.4. The molecule has 0 unspecified atom stereocenters. The molecule has 0 amide bonds. The van der Waals surface area contributed by atoms with E-state index in [0.29, 0.717) is 13.2 Å². The fraction of sp³-hybridized carbons (Fsp3) is 0.650. The van der Waals surface area contributed by atoms with Crippen LogP contribution in [0.5, 0.6) is 0 Å². The number of benzene rings is 1. The number of nitrogens with one attached hydrogen (secondary N) is 2. The van der Waals surface area contributed by atoms with Gasteiger partial charge in [-0.25, -0.2) is 0 Å². The van der Waals surface area contributed by atoms with E-state index in [4.69, 9.17) is 9.47 Å². The van der Waals surface area contributed by atoms with E-state index in [0.717, 1.165) is 51.7 Å². The molecule has 2 N–H and O–H groups in total. The molecule has 7 heteroatoms. The van der Waals surface area contributed by atoms with Gasteiger partial charge in [0.25, 0.3) is 0 Å². The molecule has 6 nitrogen and oxygen atoms in total. The minimum absolute atomic E-state index is 0. The molecule has 0 aromatic heterocycles. The van der Waals surface area contributed by atoms with Gasteiger partial charge in [0.15, 0.2) is 5.96 Å². The Hall–Kier alpha value is -0.900. The number of hydrogen-bond acceptors (Lipinski definition) is 4. The average Bonchev–Trinajstić information content (AvgIpc) is 2.68. The quantitative estimate of drug-likeness (QED) is 0.192. The molecule has 1 aromatic rings. The number of methoxy groups -OCH3 is 1. The third-order valence-electron chi connectivity index (χ3n) is 4.20. The van der Waals surface area contributed by atoms with Crippen molar-refractivity contribution in [3.63, 3.8) is 0 Å². The average molecular weight is 492 g/mol. The van der Waals surface area contributed by atoms with Gasteiger partial charge in [0.1, 0.15) is 0 Å². The zero-order valence-electron chi connectivity index (χ0n) is 17.3. The molecule has 0 fully saturated rings. The zero-order valence-corrected chi connectivity index (χ0v) is 19.6. The maximum atomic E-state index is 5.44. The topological polar surface area (TPSA) is 58.1 Å². The molecule has 1 rings (SSSR count). The lowest BCUT2D eigenvalue weighted by atomic mass is 10.1. The molecule has 0 heterocycles. The van der Waals surface area contributed by atoms with Crippen LogP contribution in [-0.4, -0.2) is 64.5 Å². The van der Waals surface area contributed by atoms with E-state index in [-0.39, 0.29) is 24.0 Å². The van der Waals surface area contributed by atoms with E-state index in [1.54, 1.807) is 14.2 Å². The minimum atomic E-state index is 0. The lowest BCUT2D eigenvalue weighted by molar-refractivity contribution is 0.0698. The van der Waals surface area contributed by atoms with Crippen molar-refractivity contribution in [1.82, 2.24) is 15.5 Å². The van der Waals surface area contributed by atoms with Crippen molar-refractivity contribution in [3.05, 3.63) is 35.4 Å². The van der Waals surface area contributed by atoms with Crippen molar-refractivity contribution in [2.75, 3.05) is 53.6 Å². The highest BCUT2D eigenvalue weighted by Crippen LogP contribution is 2.07. The Kier molecular flexibility index (Phi) is 16.6. The largest absolute Gasteiger partial charge is 0.382 e. The van der Waals surface area contributed by atoms with Crippen LogP contribution in [-0.2, 0) is 22.6 Å². The van der Waals surface area contributed by atoms with Crippen LogP contribution in [0.15, 0.2) is 29.3 Å². The second-order valence-corrected chi connectivity index (χ2v) is 6.09. The van der Waals surface area contributed by atoms with Crippen molar-refractivity contribution in [1.29, 1.82) is 0 Å². The number of ether oxygens (including phenoxy) is 2. The first-order chi connectivity index (χ1) is 12.7. The second kappa shape index (κ2) is 17.2. The van der Waals surface area contributed by atoms with Gasteiger partial charge in [-0.3, -0.25) is 9.89 Å². The van der Waals surface area contributed by atoms with E-state index < -0.39 is 0 Å². The zero-order chi connectivity index (χ0) is 19.0. The van der Waals surface area contributed by atoms with E-state index in [9.17, 15) is 0 Å². The van der Waals surface area contributed by atoms with E-state index in [1.807, 2.05) is 0 Å². The van der Waals surface area contributed by atoms with Crippen LogP contribution in [0, 0.1) is 0 Å². The number of aliphatic imine (C=N–C) groups is 1. The third kappa shape index (κ3) is 12.2. The standard InChI is InChI=1S/C20H36N4O2.HI/c1-5-24(6-2)17-19-10-8-18(9-11-19)16-23-20(21-3)22-12-7-13-26-15-14-25-4;/h8-11H,5-7,12-17H2,1-4H3,(H2,21,22,23);1H. The van der Waals surface area contributed by atoms with Gasteiger partial charge in [-0.15, -0.1) is 24.0 Å². The maximum Gasteiger partial charge on any atom is 0.191 e. The van der Waals surface area contributed by atoms with Gasteiger partial charge in [-0.2, -0.15) is 0 Å². The van der Waals surface area contributed by atoms with Crippen molar-refractivity contribution in [3.8, 4) is 0 Å². The van der Waals surface area contributed by atoms with E-state index in [1.165, 1.54) is 11.1 Å². The molecule has 27 heavy (non-hydrogen) atoms. The van der Waals surface area contributed by atoms with Crippen LogP contribution in [0.4, 0.5) is 0 Å². The molecule has 1 aromatic carbocycles. The van der Waals surface area contributed by atoms with Gasteiger partial charge in [-0.05, 0) is 30.6 Å². The Morgan fingerprint density at radius 1 is 1.00 bits per heavy atom.